The number of aliphatic hydroxyl groups excluding tert-OH is 1. The van der Waals surface area contributed by atoms with E-state index in [-0.39, 0.29) is 40.3 Å². The van der Waals surface area contributed by atoms with Crippen LogP contribution in [-0.2, 0) is 20.4 Å². The molecular formula is C40H52N4O6. The zero-order chi connectivity index (χ0) is 35.3. The Balaban J connectivity index is 1.10. The molecule has 2 bridgehead atoms. The maximum absolute atomic E-state index is 14.6. The summed E-state index contributed by atoms with van der Waals surface area (Å²) in [6.45, 7) is 9.62. The molecule has 4 aliphatic carbocycles. The number of aliphatic hydroxyl groups is 1. The van der Waals surface area contributed by atoms with E-state index in [4.69, 9.17) is 23.9 Å². The minimum absolute atomic E-state index is 0.0262. The third-order valence-electron chi connectivity index (χ3n) is 12.0. The van der Waals surface area contributed by atoms with Crippen molar-refractivity contribution in [2.75, 3.05) is 31.6 Å². The number of benzene rings is 1. The number of methoxy groups -OCH3 is 1. The van der Waals surface area contributed by atoms with Gasteiger partial charge in [0.1, 0.15) is 29.6 Å². The smallest absolute Gasteiger partial charge is 0.410 e. The normalized spacial score (nSPS) is 26.7. The van der Waals surface area contributed by atoms with Gasteiger partial charge in [-0.3, -0.25) is 9.69 Å². The molecule has 4 saturated carbocycles. The average Bonchev–Trinajstić information content (AvgIpc) is 3.62. The van der Waals surface area contributed by atoms with E-state index >= 15 is 0 Å². The molecule has 0 spiro atoms. The third-order valence-corrected chi connectivity index (χ3v) is 12.0. The highest BCUT2D eigenvalue weighted by atomic mass is 16.6. The van der Waals surface area contributed by atoms with E-state index < -0.39 is 6.10 Å². The van der Waals surface area contributed by atoms with Crippen LogP contribution in [0.4, 0.5) is 10.6 Å². The summed E-state index contributed by atoms with van der Waals surface area (Å²) in [7, 11) is 1.73. The highest BCUT2D eigenvalue weighted by Gasteiger charge is 2.51. The van der Waals surface area contributed by atoms with Crippen molar-refractivity contribution in [1.82, 2.24) is 14.9 Å². The molecule has 5 fully saturated rings. The number of amides is 2. The number of aryl methyl sites for hydroxylation is 1. The van der Waals surface area contributed by atoms with Crippen LogP contribution in [-0.4, -0.2) is 70.9 Å². The van der Waals surface area contributed by atoms with Gasteiger partial charge in [-0.05, 0) is 111 Å². The second-order valence-electron chi connectivity index (χ2n) is 16.5. The number of likely N-dealkylation sites (tertiary alicyclic amines) is 1. The van der Waals surface area contributed by atoms with Crippen LogP contribution in [0.25, 0.3) is 11.3 Å². The summed E-state index contributed by atoms with van der Waals surface area (Å²) >= 11 is 0. The number of oxazole rings is 1. The molecule has 0 atom stereocenters. The molecular weight excluding hydrogens is 632 g/mol. The van der Waals surface area contributed by atoms with Crippen LogP contribution in [0.5, 0.6) is 5.75 Å². The molecule has 2 amide bonds. The van der Waals surface area contributed by atoms with Gasteiger partial charge in [-0.25, -0.2) is 14.8 Å². The monoisotopic (exact) mass is 684 g/mol. The molecule has 10 heteroatoms. The number of pyridine rings is 1. The van der Waals surface area contributed by atoms with Gasteiger partial charge in [0.15, 0.2) is 5.89 Å². The van der Waals surface area contributed by atoms with E-state index in [2.05, 4.69) is 45.9 Å². The molecule has 5 aliphatic rings. The van der Waals surface area contributed by atoms with Crippen LogP contribution in [0.2, 0.25) is 0 Å². The first-order valence-corrected chi connectivity index (χ1v) is 18.4. The van der Waals surface area contributed by atoms with Crippen molar-refractivity contribution in [3.8, 4) is 17.0 Å². The van der Waals surface area contributed by atoms with Crippen molar-refractivity contribution in [2.45, 2.75) is 115 Å². The topological polar surface area (TPSA) is 118 Å². The Morgan fingerprint density at radius 3 is 2.32 bits per heavy atom. The summed E-state index contributed by atoms with van der Waals surface area (Å²) in [6.07, 6.45) is 11.5. The average molecular weight is 685 g/mol. The summed E-state index contributed by atoms with van der Waals surface area (Å²) in [5.74, 6) is 2.17. The number of hydrogen-bond acceptors (Lipinski definition) is 8. The van der Waals surface area contributed by atoms with E-state index in [1.165, 1.54) is 16.0 Å². The Morgan fingerprint density at radius 2 is 1.72 bits per heavy atom. The lowest BCUT2D eigenvalue weighted by atomic mass is 9.51. The Labute approximate surface area is 295 Å². The number of carbonyl (C=O) groups is 2. The van der Waals surface area contributed by atoms with Crippen LogP contribution >= 0.6 is 0 Å². The Kier molecular flexibility index (Phi) is 9.20. The molecule has 0 radical (unpaired) electrons. The van der Waals surface area contributed by atoms with E-state index in [9.17, 15) is 14.7 Å². The Hall–Kier alpha value is -3.92. The molecule has 10 nitrogen and oxygen atoms in total. The van der Waals surface area contributed by atoms with Gasteiger partial charge in [0.05, 0.1) is 26.3 Å². The van der Waals surface area contributed by atoms with Gasteiger partial charge in [0, 0.05) is 29.6 Å². The third kappa shape index (κ3) is 6.75. The Morgan fingerprint density at radius 1 is 1.02 bits per heavy atom. The molecule has 1 aromatic carbocycles. The van der Waals surface area contributed by atoms with Crippen molar-refractivity contribution in [3.63, 3.8) is 0 Å². The zero-order valence-electron chi connectivity index (χ0n) is 30.2. The van der Waals surface area contributed by atoms with Crippen molar-refractivity contribution < 1.29 is 28.6 Å². The number of nitrogens with zero attached hydrogens (tertiary/aromatic N) is 4. The number of ether oxygens (including phenoxy) is 2. The fourth-order valence-electron chi connectivity index (χ4n) is 8.69. The van der Waals surface area contributed by atoms with E-state index in [1.807, 2.05) is 17.0 Å². The molecule has 2 aromatic heterocycles. The fourth-order valence-corrected chi connectivity index (χ4v) is 8.69. The Bertz CT molecular complexity index is 1690. The number of anilines is 1. The first-order valence-electron chi connectivity index (χ1n) is 18.4. The van der Waals surface area contributed by atoms with Crippen LogP contribution in [0, 0.1) is 18.3 Å². The number of hydrogen-bond donors (Lipinski definition) is 1. The molecule has 0 unspecified atom stereocenters. The maximum Gasteiger partial charge on any atom is 0.410 e. The van der Waals surface area contributed by atoms with Crippen LogP contribution < -0.4 is 9.64 Å². The second kappa shape index (κ2) is 13.3. The van der Waals surface area contributed by atoms with Gasteiger partial charge >= 0.3 is 6.09 Å². The highest BCUT2D eigenvalue weighted by molar-refractivity contribution is 5.95. The minimum atomic E-state index is -0.463. The quantitative estimate of drug-likeness (QED) is 0.262. The van der Waals surface area contributed by atoms with Gasteiger partial charge < -0.3 is 23.9 Å². The number of β-amino-alcohol motifs (C(OH)–C–C–N with tert-alkyl or cyclic N) is 1. The van der Waals surface area contributed by atoms with E-state index in [0.29, 0.717) is 57.0 Å². The van der Waals surface area contributed by atoms with E-state index in [0.717, 1.165) is 55.5 Å². The largest absolute Gasteiger partial charge is 0.496 e. The van der Waals surface area contributed by atoms with Gasteiger partial charge in [0.25, 0.3) is 0 Å². The predicted octanol–water partition coefficient (Wildman–Crippen LogP) is 7.35. The molecule has 3 aromatic rings. The summed E-state index contributed by atoms with van der Waals surface area (Å²) in [5.41, 5.74) is 4.17. The summed E-state index contributed by atoms with van der Waals surface area (Å²) < 4.78 is 17.1. The summed E-state index contributed by atoms with van der Waals surface area (Å²) in [6, 6.07) is 10.6. The van der Waals surface area contributed by atoms with Gasteiger partial charge in [-0.15, -0.1) is 0 Å². The number of rotatable bonds is 8. The molecule has 3 heterocycles. The van der Waals surface area contributed by atoms with Crippen molar-refractivity contribution in [1.29, 1.82) is 0 Å². The van der Waals surface area contributed by atoms with Crippen molar-refractivity contribution >= 4 is 17.8 Å². The standard InChI is InChI=1S/C40H52N4O6/c1-26-20-29(8-11-33(26)48-5)40-16-13-39(14-17-40,15-18-40)25-44(34-21-28(12-19-41-34)32-24-49-36(42-32)38(2,3)4)35(46)27-6-9-31(10-7-27)50-37(47)43-22-30(45)23-43/h8,11-12,19-21,24,27,30-31,45H,6-7,9-10,13-18,22-23,25H2,1-5H3/t27-,31-,39?,40?. The summed E-state index contributed by atoms with van der Waals surface area (Å²) in [5, 5.41) is 9.57. The molecule has 1 saturated heterocycles. The lowest BCUT2D eigenvalue weighted by molar-refractivity contribution is -0.124. The zero-order valence-corrected chi connectivity index (χ0v) is 30.2. The van der Waals surface area contributed by atoms with Gasteiger partial charge in [0.2, 0.25) is 5.91 Å². The van der Waals surface area contributed by atoms with Crippen LogP contribution in [0.3, 0.4) is 0 Å². The molecule has 268 valence electrons. The fraction of sp³-hybridized carbons (Fsp3) is 0.600. The first kappa shape index (κ1) is 34.5. The van der Waals surface area contributed by atoms with Crippen molar-refractivity contribution in [2.24, 2.45) is 11.3 Å². The number of aromatic nitrogens is 2. The lowest BCUT2D eigenvalue weighted by Gasteiger charge is -2.55. The number of fused-ring (bicyclic) bond motifs is 3. The molecule has 50 heavy (non-hydrogen) atoms. The SMILES string of the molecule is COc1ccc(C23CCC(CN(c4cc(-c5coc(C(C)(C)C)n5)ccn4)C(=O)[C@H]4CC[C@H](OC(=O)N5CC(O)C5)CC4)(CC2)CC3)cc1C. The lowest BCUT2D eigenvalue weighted by Crippen LogP contribution is -2.54. The maximum atomic E-state index is 14.6. The van der Waals surface area contributed by atoms with Gasteiger partial charge in [-0.1, -0.05) is 32.9 Å². The van der Waals surface area contributed by atoms with Crippen molar-refractivity contribution in [3.05, 3.63) is 59.8 Å². The summed E-state index contributed by atoms with van der Waals surface area (Å²) in [4.78, 5) is 40.2. The van der Waals surface area contributed by atoms with Crippen LogP contribution in [0.15, 0.2) is 47.2 Å². The molecule has 1 aliphatic heterocycles. The second-order valence-corrected chi connectivity index (χ2v) is 16.5. The molecule has 8 rings (SSSR count). The number of carbonyl (C=O) groups excluding carboxylic acids is 2. The van der Waals surface area contributed by atoms with Crippen LogP contribution in [0.1, 0.15) is 102 Å². The predicted molar refractivity (Wildman–Crippen MR) is 190 cm³/mol. The minimum Gasteiger partial charge on any atom is -0.496 e. The molecule has 1 N–H and O–H groups in total. The van der Waals surface area contributed by atoms with Gasteiger partial charge in [-0.2, -0.15) is 0 Å². The van der Waals surface area contributed by atoms with E-state index in [1.54, 1.807) is 19.6 Å². The highest BCUT2D eigenvalue weighted by Crippen LogP contribution is 2.58. The first-order chi connectivity index (χ1) is 23.9.